The molecule has 1 fully saturated rings. The Morgan fingerprint density at radius 2 is 1.92 bits per heavy atom. The Morgan fingerprint density at radius 3 is 2.62 bits per heavy atom. The topological polar surface area (TPSA) is 54.5 Å². The molecule has 0 saturated carbocycles. The van der Waals surface area contributed by atoms with Crippen LogP contribution in [0.4, 0.5) is 0 Å². The summed E-state index contributed by atoms with van der Waals surface area (Å²) in [6.07, 6.45) is 3.29. The van der Waals surface area contributed by atoms with Gasteiger partial charge in [0.05, 0.1) is 13.2 Å². The number of nitrogens with zero attached hydrogens (tertiary/aromatic N) is 2. The summed E-state index contributed by atoms with van der Waals surface area (Å²) in [7, 11) is 1.66. The number of carbonyl (C=O) groups is 1. The van der Waals surface area contributed by atoms with E-state index in [9.17, 15) is 4.79 Å². The number of hydrogen-bond acceptors (Lipinski definition) is 4. The third-order valence-electron chi connectivity index (χ3n) is 3.93. The van der Waals surface area contributed by atoms with E-state index in [-0.39, 0.29) is 36.8 Å². The number of aromatic nitrogens is 1. The number of hydrogen-bond donors (Lipinski definition) is 1. The van der Waals surface area contributed by atoms with Crippen molar-refractivity contribution in [2.24, 2.45) is 0 Å². The number of piperazine rings is 1. The summed E-state index contributed by atoms with van der Waals surface area (Å²) in [6.45, 7) is 2.18. The van der Waals surface area contributed by atoms with E-state index in [1.807, 2.05) is 29.2 Å². The van der Waals surface area contributed by atoms with Gasteiger partial charge in [-0.1, -0.05) is 18.2 Å². The average Bonchev–Trinajstić information content (AvgIpc) is 2.62. The molecule has 7 heteroatoms. The molecule has 0 spiro atoms. The molecule has 2 heterocycles. The van der Waals surface area contributed by atoms with Gasteiger partial charge in [0.1, 0.15) is 5.75 Å². The number of rotatable bonds is 3. The fourth-order valence-electron chi connectivity index (χ4n) is 2.83. The van der Waals surface area contributed by atoms with Crippen LogP contribution in [0.5, 0.6) is 5.75 Å². The molecule has 1 aliphatic rings. The number of nitrogens with one attached hydrogen (secondary N) is 1. The summed E-state index contributed by atoms with van der Waals surface area (Å²) in [5.41, 5.74) is 1.69. The highest BCUT2D eigenvalue weighted by molar-refractivity contribution is 5.94. The Morgan fingerprint density at radius 1 is 1.21 bits per heavy atom. The molecule has 1 atom stereocenters. The zero-order chi connectivity index (χ0) is 15.4. The van der Waals surface area contributed by atoms with Crippen molar-refractivity contribution in [1.29, 1.82) is 0 Å². The van der Waals surface area contributed by atoms with Gasteiger partial charge >= 0.3 is 0 Å². The first-order valence-corrected chi connectivity index (χ1v) is 7.36. The largest absolute Gasteiger partial charge is 0.496 e. The highest BCUT2D eigenvalue weighted by Crippen LogP contribution is 2.31. The van der Waals surface area contributed by atoms with Crippen LogP contribution in [0, 0.1) is 0 Å². The molecule has 1 saturated heterocycles. The molecule has 0 aliphatic carbocycles. The van der Waals surface area contributed by atoms with Gasteiger partial charge in [-0.2, -0.15) is 0 Å². The second-order valence-electron chi connectivity index (χ2n) is 5.20. The molecule has 1 N–H and O–H groups in total. The quantitative estimate of drug-likeness (QED) is 0.903. The fourth-order valence-corrected chi connectivity index (χ4v) is 2.83. The monoisotopic (exact) mass is 369 g/mol. The van der Waals surface area contributed by atoms with Crippen molar-refractivity contribution in [2.45, 2.75) is 6.04 Å². The van der Waals surface area contributed by atoms with E-state index in [1.165, 1.54) is 0 Å². The molecule has 1 unspecified atom stereocenters. The van der Waals surface area contributed by atoms with Crippen LogP contribution in [0.1, 0.15) is 22.0 Å². The summed E-state index contributed by atoms with van der Waals surface area (Å²) in [6, 6.07) is 11.3. The minimum Gasteiger partial charge on any atom is -0.496 e. The number of benzene rings is 1. The van der Waals surface area contributed by atoms with E-state index < -0.39 is 0 Å². The number of carbonyl (C=O) groups excluding carboxylic acids is 1. The molecule has 130 valence electrons. The van der Waals surface area contributed by atoms with Crippen LogP contribution < -0.4 is 10.1 Å². The molecule has 0 bridgehead atoms. The second-order valence-corrected chi connectivity index (χ2v) is 5.20. The third-order valence-corrected chi connectivity index (χ3v) is 3.93. The molecular formula is C17H21Cl2N3O2. The molecule has 2 aromatic rings. The highest BCUT2D eigenvalue weighted by atomic mass is 35.5. The summed E-state index contributed by atoms with van der Waals surface area (Å²) < 4.78 is 5.46. The van der Waals surface area contributed by atoms with E-state index in [0.717, 1.165) is 24.4 Å². The van der Waals surface area contributed by atoms with Gasteiger partial charge in [-0.15, -0.1) is 24.8 Å². The smallest absolute Gasteiger partial charge is 0.254 e. The minimum absolute atomic E-state index is 0. The zero-order valence-electron chi connectivity index (χ0n) is 13.3. The lowest BCUT2D eigenvalue weighted by molar-refractivity contribution is 0.0631. The Bertz CT molecular complexity index is 655. The van der Waals surface area contributed by atoms with E-state index in [1.54, 1.807) is 31.6 Å². The Hall–Kier alpha value is -1.82. The molecular weight excluding hydrogens is 349 g/mol. The maximum atomic E-state index is 12.8. The van der Waals surface area contributed by atoms with E-state index in [2.05, 4.69) is 10.3 Å². The first-order valence-electron chi connectivity index (χ1n) is 7.36. The molecule has 5 nitrogen and oxygen atoms in total. The molecule has 24 heavy (non-hydrogen) atoms. The zero-order valence-corrected chi connectivity index (χ0v) is 15.0. The second kappa shape index (κ2) is 9.47. The lowest BCUT2D eigenvalue weighted by Gasteiger charge is -2.37. The van der Waals surface area contributed by atoms with Crippen LogP contribution in [-0.4, -0.2) is 42.5 Å². The number of ether oxygens (including phenoxy) is 1. The molecule has 1 aliphatic heterocycles. The SMILES string of the molecule is COc1ccccc1C1CNCCN1C(=O)c1ccncc1.Cl.Cl. The Labute approximate surface area is 154 Å². The molecule has 1 aromatic heterocycles. The summed E-state index contributed by atoms with van der Waals surface area (Å²) in [5.74, 6) is 0.837. The fraction of sp³-hybridized carbons (Fsp3) is 0.294. The van der Waals surface area contributed by atoms with Crippen LogP contribution >= 0.6 is 24.8 Å². The molecule has 0 radical (unpaired) electrons. The van der Waals surface area contributed by atoms with Gasteiger partial charge in [0.25, 0.3) is 5.91 Å². The molecule has 3 rings (SSSR count). The maximum Gasteiger partial charge on any atom is 0.254 e. The van der Waals surface area contributed by atoms with Crippen molar-refractivity contribution in [1.82, 2.24) is 15.2 Å². The van der Waals surface area contributed by atoms with Gasteiger partial charge in [-0.3, -0.25) is 9.78 Å². The Kier molecular flexibility index (Phi) is 7.98. The van der Waals surface area contributed by atoms with Crippen LogP contribution in [0.2, 0.25) is 0 Å². The van der Waals surface area contributed by atoms with Crippen molar-refractivity contribution in [3.63, 3.8) is 0 Å². The van der Waals surface area contributed by atoms with E-state index in [0.29, 0.717) is 12.1 Å². The van der Waals surface area contributed by atoms with Crippen LogP contribution in [-0.2, 0) is 0 Å². The van der Waals surface area contributed by atoms with Gasteiger partial charge in [0.2, 0.25) is 0 Å². The van der Waals surface area contributed by atoms with Crippen LogP contribution in [0.15, 0.2) is 48.8 Å². The van der Waals surface area contributed by atoms with Crippen molar-refractivity contribution in [2.75, 3.05) is 26.7 Å². The van der Waals surface area contributed by atoms with Gasteiger partial charge in [0.15, 0.2) is 0 Å². The standard InChI is InChI=1S/C17H19N3O2.2ClH/c1-22-16-5-3-2-4-14(16)15-12-19-10-11-20(15)17(21)13-6-8-18-9-7-13;;/h2-9,15,19H,10-12H2,1H3;2*1H. The van der Waals surface area contributed by atoms with Gasteiger partial charge in [-0.05, 0) is 18.2 Å². The first-order chi connectivity index (χ1) is 10.8. The van der Waals surface area contributed by atoms with Gasteiger partial charge in [-0.25, -0.2) is 0 Å². The van der Waals surface area contributed by atoms with Crippen LogP contribution in [0.25, 0.3) is 0 Å². The van der Waals surface area contributed by atoms with E-state index in [4.69, 9.17) is 4.74 Å². The lowest BCUT2D eigenvalue weighted by Crippen LogP contribution is -2.48. The van der Waals surface area contributed by atoms with Crippen molar-refractivity contribution < 1.29 is 9.53 Å². The normalized spacial score (nSPS) is 16.5. The number of para-hydroxylation sites is 1. The predicted molar refractivity (Wildman–Crippen MR) is 98.4 cm³/mol. The Balaban J connectivity index is 0.00000144. The summed E-state index contributed by atoms with van der Waals surface area (Å²) >= 11 is 0. The van der Waals surface area contributed by atoms with Gasteiger partial charge in [0, 0.05) is 43.2 Å². The lowest BCUT2D eigenvalue weighted by atomic mass is 10.0. The van der Waals surface area contributed by atoms with Crippen molar-refractivity contribution in [3.8, 4) is 5.75 Å². The van der Waals surface area contributed by atoms with Crippen molar-refractivity contribution >= 4 is 30.7 Å². The van der Waals surface area contributed by atoms with Crippen LogP contribution in [0.3, 0.4) is 0 Å². The predicted octanol–water partition coefficient (Wildman–Crippen LogP) is 2.72. The maximum absolute atomic E-state index is 12.8. The molecule has 1 amide bonds. The van der Waals surface area contributed by atoms with E-state index >= 15 is 0 Å². The number of pyridine rings is 1. The summed E-state index contributed by atoms with van der Waals surface area (Å²) in [4.78, 5) is 18.7. The number of amides is 1. The van der Waals surface area contributed by atoms with Gasteiger partial charge < -0.3 is 15.0 Å². The minimum atomic E-state index is -0.0365. The summed E-state index contributed by atoms with van der Waals surface area (Å²) in [5, 5.41) is 3.36. The van der Waals surface area contributed by atoms with Crippen molar-refractivity contribution in [3.05, 3.63) is 59.9 Å². The third kappa shape index (κ3) is 4.17. The number of methoxy groups -OCH3 is 1. The number of halogens is 2. The first kappa shape index (κ1) is 20.2. The average molecular weight is 370 g/mol. The molecule has 1 aromatic carbocycles. The highest BCUT2D eigenvalue weighted by Gasteiger charge is 2.30.